The summed E-state index contributed by atoms with van der Waals surface area (Å²) in [4.78, 5) is 12.4. The van der Waals surface area contributed by atoms with E-state index in [-0.39, 0.29) is 6.61 Å². The van der Waals surface area contributed by atoms with E-state index in [4.69, 9.17) is 10.00 Å². The summed E-state index contributed by atoms with van der Waals surface area (Å²) in [6, 6.07) is 9.04. The first-order valence-electron chi connectivity index (χ1n) is 7.64. The van der Waals surface area contributed by atoms with Gasteiger partial charge in [0.05, 0.1) is 29.5 Å². The van der Waals surface area contributed by atoms with E-state index in [1.807, 2.05) is 0 Å². The second-order valence-corrected chi connectivity index (χ2v) is 6.13. The van der Waals surface area contributed by atoms with Gasteiger partial charge < -0.3 is 4.74 Å². The minimum absolute atomic E-state index is 0.279. The number of thioether (sulfide) groups is 1. The molecule has 0 fully saturated rings. The first kappa shape index (κ1) is 16.9. The maximum absolute atomic E-state index is 12.4. The van der Waals surface area contributed by atoms with Crippen LogP contribution in [0.25, 0.3) is 6.08 Å². The first-order valence-corrected chi connectivity index (χ1v) is 8.63. The van der Waals surface area contributed by atoms with E-state index in [0.717, 1.165) is 5.56 Å². The molecule has 0 aliphatic carbocycles. The molecule has 0 unspecified atom stereocenters. The molecule has 0 bridgehead atoms. The Bertz CT molecular complexity index is 906. The van der Waals surface area contributed by atoms with E-state index in [0.29, 0.717) is 33.6 Å². The van der Waals surface area contributed by atoms with Gasteiger partial charge in [0, 0.05) is 5.75 Å². The van der Waals surface area contributed by atoms with Gasteiger partial charge in [0.25, 0.3) is 0 Å². The van der Waals surface area contributed by atoms with Crippen LogP contribution < -0.4 is 0 Å². The van der Waals surface area contributed by atoms with E-state index < -0.39 is 5.97 Å². The molecule has 0 N–H and O–H groups in total. The van der Waals surface area contributed by atoms with Crippen molar-refractivity contribution in [3.63, 3.8) is 0 Å². The summed E-state index contributed by atoms with van der Waals surface area (Å²) >= 11 is 1.46. The Morgan fingerprint density at radius 1 is 1.40 bits per heavy atom. The van der Waals surface area contributed by atoms with Crippen LogP contribution in [0.2, 0.25) is 0 Å². The van der Waals surface area contributed by atoms with Gasteiger partial charge in [0.2, 0.25) is 5.16 Å². The number of nitriles is 1. The molecule has 1 aromatic carbocycles. The standard InChI is InChI=1S/C17H15N5O2S/c1-3-24-16(23)14(8-12-4-6-13(9-18)7-5-12)15-10-25-17-20-19-11(2)22(17)21-15/h4-8H,3,10H2,1-2H3/b14-8-. The number of hydrogen-bond acceptors (Lipinski definition) is 7. The Morgan fingerprint density at radius 2 is 2.16 bits per heavy atom. The number of carbonyl (C=O) groups excluding carboxylic acids is 1. The van der Waals surface area contributed by atoms with Gasteiger partial charge in [-0.2, -0.15) is 15.0 Å². The second-order valence-electron chi connectivity index (χ2n) is 5.19. The molecule has 1 aliphatic rings. The maximum atomic E-state index is 12.4. The largest absolute Gasteiger partial charge is 0.462 e. The number of aryl methyl sites for hydroxylation is 1. The van der Waals surface area contributed by atoms with Crippen molar-refractivity contribution in [3.05, 3.63) is 46.8 Å². The lowest BCUT2D eigenvalue weighted by molar-refractivity contribution is -0.137. The van der Waals surface area contributed by atoms with Crippen LogP contribution in [0.15, 0.2) is 40.1 Å². The fourth-order valence-corrected chi connectivity index (χ4v) is 3.12. The molecule has 1 aliphatic heterocycles. The van der Waals surface area contributed by atoms with Crippen molar-refractivity contribution in [2.45, 2.75) is 19.0 Å². The summed E-state index contributed by atoms with van der Waals surface area (Å²) in [5.41, 5.74) is 2.34. The average molecular weight is 353 g/mol. The van der Waals surface area contributed by atoms with Crippen molar-refractivity contribution < 1.29 is 9.53 Å². The average Bonchev–Trinajstić information content (AvgIpc) is 3.01. The number of benzene rings is 1. The zero-order valence-electron chi connectivity index (χ0n) is 13.8. The summed E-state index contributed by atoms with van der Waals surface area (Å²) in [5, 5.41) is 22.1. The number of nitrogens with zero attached hydrogens (tertiary/aromatic N) is 5. The van der Waals surface area contributed by atoms with Gasteiger partial charge in [0.15, 0.2) is 5.82 Å². The lowest BCUT2D eigenvalue weighted by Crippen LogP contribution is -2.21. The number of hydrogen-bond donors (Lipinski definition) is 0. The first-order chi connectivity index (χ1) is 12.1. The fourth-order valence-electron chi connectivity index (χ4n) is 2.25. The molecule has 126 valence electrons. The third-order valence-corrected chi connectivity index (χ3v) is 4.41. The second kappa shape index (κ2) is 7.32. The van der Waals surface area contributed by atoms with Gasteiger partial charge in [-0.3, -0.25) is 0 Å². The Labute approximate surface area is 149 Å². The van der Waals surface area contributed by atoms with Crippen LogP contribution in [-0.2, 0) is 9.53 Å². The molecule has 0 radical (unpaired) electrons. The lowest BCUT2D eigenvalue weighted by atomic mass is 10.1. The predicted molar refractivity (Wildman–Crippen MR) is 94.1 cm³/mol. The summed E-state index contributed by atoms with van der Waals surface area (Å²) in [5.74, 6) is 0.723. The maximum Gasteiger partial charge on any atom is 0.340 e. The molecule has 2 aromatic rings. The third-order valence-electron chi connectivity index (χ3n) is 3.48. The predicted octanol–water partition coefficient (Wildman–Crippen LogP) is 2.41. The zero-order valence-corrected chi connectivity index (χ0v) is 14.6. The molecule has 25 heavy (non-hydrogen) atoms. The molecule has 0 atom stereocenters. The highest BCUT2D eigenvalue weighted by atomic mass is 32.2. The van der Waals surface area contributed by atoms with E-state index in [2.05, 4.69) is 21.4 Å². The van der Waals surface area contributed by atoms with Crippen molar-refractivity contribution in [1.29, 1.82) is 5.26 Å². The summed E-state index contributed by atoms with van der Waals surface area (Å²) in [6.45, 7) is 3.84. The van der Waals surface area contributed by atoms with Crippen LogP contribution in [0.1, 0.15) is 23.9 Å². The van der Waals surface area contributed by atoms with Gasteiger partial charge >= 0.3 is 5.97 Å². The van der Waals surface area contributed by atoms with E-state index in [1.165, 1.54) is 11.8 Å². The van der Waals surface area contributed by atoms with Gasteiger partial charge in [-0.25, -0.2) is 4.79 Å². The van der Waals surface area contributed by atoms with Gasteiger partial charge in [-0.05, 0) is 37.6 Å². The topological polar surface area (TPSA) is 93.2 Å². The number of rotatable bonds is 4. The molecule has 0 saturated heterocycles. The van der Waals surface area contributed by atoms with Crippen molar-refractivity contribution in [2.24, 2.45) is 5.10 Å². The molecule has 2 heterocycles. The van der Waals surface area contributed by atoms with Gasteiger partial charge in [-0.15, -0.1) is 10.2 Å². The highest BCUT2D eigenvalue weighted by Crippen LogP contribution is 2.25. The fraction of sp³-hybridized carbons (Fsp3) is 0.235. The highest BCUT2D eigenvalue weighted by Gasteiger charge is 2.24. The van der Waals surface area contributed by atoms with Crippen molar-refractivity contribution in [3.8, 4) is 6.07 Å². The van der Waals surface area contributed by atoms with Crippen LogP contribution >= 0.6 is 11.8 Å². The molecule has 0 saturated carbocycles. The molecular formula is C17H15N5O2S. The highest BCUT2D eigenvalue weighted by molar-refractivity contribution is 7.99. The van der Waals surface area contributed by atoms with Crippen LogP contribution in [0, 0.1) is 18.3 Å². The third kappa shape index (κ3) is 3.61. The van der Waals surface area contributed by atoms with Crippen LogP contribution in [0.4, 0.5) is 0 Å². The monoisotopic (exact) mass is 353 g/mol. The van der Waals surface area contributed by atoms with Gasteiger partial charge in [-0.1, -0.05) is 23.9 Å². The van der Waals surface area contributed by atoms with Crippen LogP contribution in [-0.4, -0.2) is 38.9 Å². The molecule has 7 nitrogen and oxygen atoms in total. The molecule has 1 aromatic heterocycles. The van der Waals surface area contributed by atoms with E-state index >= 15 is 0 Å². The van der Waals surface area contributed by atoms with E-state index in [9.17, 15) is 4.79 Å². The molecule has 3 rings (SSSR count). The molecule has 0 spiro atoms. The Kier molecular flexibility index (Phi) is 4.95. The molecular weight excluding hydrogens is 338 g/mol. The van der Waals surface area contributed by atoms with Crippen molar-refractivity contribution in [1.82, 2.24) is 14.9 Å². The Balaban J connectivity index is 2.02. The lowest BCUT2D eigenvalue weighted by Gasteiger charge is -2.15. The normalized spacial score (nSPS) is 13.6. The van der Waals surface area contributed by atoms with Crippen molar-refractivity contribution >= 4 is 29.5 Å². The SMILES string of the molecule is CCOC(=O)/C(=C\c1ccc(C#N)cc1)C1=Nn2c(C)nnc2SC1. The number of carbonyl (C=O) groups is 1. The minimum Gasteiger partial charge on any atom is -0.462 e. The molecule has 8 heteroatoms. The number of ether oxygens (including phenoxy) is 1. The smallest absolute Gasteiger partial charge is 0.340 e. The minimum atomic E-state index is -0.430. The number of aromatic nitrogens is 3. The Hall–Kier alpha value is -2.92. The number of fused-ring (bicyclic) bond motifs is 1. The van der Waals surface area contributed by atoms with Crippen LogP contribution in [0.3, 0.4) is 0 Å². The molecule has 0 amide bonds. The number of esters is 1. The Morgan fingerprint density at radius 3 is 2.84 bits per heavy atom. The van der Waals surface area contributed by atoms with E-state index in [1.54, 1.807) is 48.9 Å². The summed E-state index contributed by atoms with van der Waals surface area (Å²) < 4.78 is 6.80. The summed E-state index contributed by atoms with van der Waals surface area (Å²) in [7, 11) is 0. The zero-order chi connectivity index (χ0) is 17.8. The van der Waals surface area contributed by atoms with Crippen LogP contribution in [0.5, 0.6) is 0 Å². The quantitative estimate of drug-likeness (QED) is 0.619. The summed E-state index contributed by atoms with van der Waals surface area (Å²) in [6.07, 6.45) is 1.73. The van der Waals surface area contributed by atoms with Gasteiger partial charge in [0.1, 0.15) is 0 Å². The van der Waals surface area contributed by atoms with Crippen molar-refractivity contribution in [2.75, 3.05) is 12.4 Å².